The second-order valence-corrected chi connectivity index (χ2v) is 5.93. The smallest absolute Gasteiger partial charge is 0.323 e. The molecule has 0 spiro atoms. The van der Waals surface area contributed by atoms with Crippen molar-refractivity contribution in [2.45, 2.75) is 39.0 Å². The molecule has 0 aromatic carbocycles. The summed E-state index contributed by atoms with van der Waals surface area (Å²) in [4.78, 5) is 22.1. The van der Waals surface area contributed by atoms with E-state index in [0.717, 1.165) is 24.2 Å². The molecule has 104 valence electrons. The zero-order valence-corrected chi connectivity index (χ0v) is 11.7. The summed E-state index contributed by atoms with van der Waals surface area (Å²) in [5, 5.41) is 11.2. The van der Waals surface area contributed by atoms with Crippen LogP contribution in [0.25, 0.3) is 0 Å². The molecule has 1 aromatic rings. The highest BCUT2D eigenvalue weighted by Gasteiger charge is 2.23. The van der Waals surface area contributed by atoms with Crippen molar-refractivity contribution in [1.29, 1.82) is 0 Å². The highest BCUT2D eigenvalue weighted by Crippen LogP contribution is 2.38. The maximum atomic E-state index is 11.3. The number of carbonyl (C=O) groups is 1. The van der Waals surface area contributed by atoms with Gasteiger partial charge in [0.05, 0.1) is 16.4 Å². The SMILES string of the molecule is CC(=O)c1cc([N+](=O)[O-])c(OCC2CCCCC2)s1. The van der Waals surface area contributed by atoms with E-state index < -0.39 is 4.92 Å². The lowest BCUT2D eigenvalue weighted by Crippen LogP contribution is -2.15. The Kier molecular flexibility index (Phi) is 4.52. The van der Waals surface area contributed by atoms with Gasteiger partial charge >= 0.3 is 5.69 Å². The van der Waals surface area contributed by atoms with E-state index in [1.165, 1.54) is 32.3 Å². The molecule has 0 atom stereocenters. The molecule has 5 nitrogen and oxygen atoms in total. The summed E-state index contributed by atoms with van der Waals surface area (Å²) in [6.45, 7) is 1.92. The molecule has 2 rings (SSSR count). The molecule has 6 heteroatoms. The van der Waals surface area contributed by atoms with Gasteiger partial charge in [0, 0.05) is 6.07 Å². The fourth-order valence-electron chi connectivity index (χ4n) is 2.32. The molecular weight excluding hydrogens is 266 g/mol. The van der Waals surface area contributed by atoms with Crippen LogP contribution in [0.5, 0.6) is 5.06 Å². The van der Waals surface area contributed by atoms with Crippen LogP contribution in [0.1, 0.15) is 48.7 Å². The number of thiophene rings is 1. The van der Waals surface area contributed by atoms with E-state index in [-0.39, 0.29) is 16.5 Å². The minimum absolute atomic E-state index is 0.0917. The van der Waals surface area contributed by atoms with Gasteiger partial charge in [0.15, 0.2) is 5.78 Å². The number of Topliss-reactive ketones (excluding diaryl/α,β-unsaturated/α-hetero) is 1. The molecule has 0 unspecified atom stereocenters. The Balaban J connectivity index is 2.05. The average molecular weight is 283 g/mol. The average Bonchev–Trinajstić information content (AvgIpc) is 2.82. The van der Waals surface area contributed by atoms with E-state index in [9.17, 15) is 14.9 Å². The lowest BCUT2D eigenvalue weighted by molar-refractivity contribution is -0.385. The van der Waals surface area contributed by atoms with Gasteiger partial charge in [0.25, 0.3) is 5.06 Å². The van der Waals surface area contributed by atoms with Crippen LogP contribution in [0.3, 0.4) is 0 Å². The molecular formula is C13H17NO4S. The highest BCUT2D eigenvalue weighted by atomic mass is 32.1. The number of rotatable bonds is 5. The van der Waals surface area contributed by atoms with Gasteiger partial charge in [-0.15, -0.1) is 0 Å². The van der Waals surface area contributed by atoms with Gasteiger partial charge in [-0.25, -0.2) is 0 Å². The van der Waals surface area contributed by atoms with Crippen LogP contribution in [0, 0.1) is 16.0 Å². The lowest BCUT2D eigenvalue weighted by Gasteiger charge is -2.20. The largest absolute Gasteiger partial charge is 0.479 e. The third kappa shape index (κ3) is 3.53. The van der Waals surface area contributed by atoms with Crippen LogP contribution in [0.2, 0.25) is 0 Å². The van der Waals surface area contributed by atoms with E-state index in [0.29, 0.717) is 17.4 Å². The predicted molar refractivity (Wildman–Crippen MR) is 73.0 cm³/mol. The molecule has 0 amide bonds. The summed E-state index contributed by atoms with van der Waals surface area (Å²) in [7, 11) is 0. The number of hydrogen-bond acceptors (Lipinski definition) is 5. The van der Waals surface area contributed by atoms with Crippen LogP contribution in [0.4, 0.5) is 5.69 Å². The Morgan fingerprint density at radius 2 is 2.16 bits per heavy atom. The number of ether oxygens (including phenoxy) is 1. The first-order chi connectivity index (χ1) is 9.08. The van der Waals surface area contributed by atoms with Crippen LogP contribution in [-0.2, 0) is 0 Å². The number of carbonyl (C=O) groups excluding carboxylic acids is 1. The standard InChI is InChI=1S/C13H17NO4S/c1-9(15)12-7-11(14(16)17)13(19-12)18-8-10-5-3-2-4-6-10/h7,10H,2-6,8H2,1H3. The Morgan fingerprint density at radius 3 is 2.74 bits per heavy atom. The van der Waals surface area contributed by atoms with Crippen LogP contribution >= 0.6 is 11.3 Å². The minimum atomic E-state index is -0.487. The summed E-state index contributed by atoms with van der Waals surface area (Å²) in [6.07, 6.45) is 5.93. The van der Waals surface area contributed by atoms with Crippen molar-refractivity contribution in [3.63, 3.8) is 0 Å². The fourth-order valence-corrected chi connectivity index (χ4v) is 3.20. The molecule has 0 radical (unpaired) electrons. The summed E-state index contributed by atoms with van der Waals surface area (Å²) in [5.41, 5.74) is -0.0917. The van der Waals surface area contributed by atoms with Gasteiger partial charge in [-0.1, -0.05) is 30.6 Å². The molecule has 1 fully saturated rings. The normalized spacial score (nSPS) is 16.3. The van der Waals surface area contributed by atoms with Gasteiger partial charge < -0.3 is 4.74 Å². The van der Waals surface area contributed by atoms with Crippen LogP contribution in [0.15, 0.2) is 6.07 Å². The molecule has 1 heterocycles. The molecule has 0 N–H and O–H groups in total. The fraction of sp³-hybridized carbons (Fsp3) is 0.615. The first-order valence-corrected chi connectivity index (χ1v) is 7.31. The van der Waals surface area contributed by atoms with E-state index in [2.05, 4.69) is 0 Å². The first-order valence-electron chi connectivity index (χ1n) is 6.50. The maximum absolute atomic E-state index is 11.3. The van der Waals surface area contributed by atoms with Gasteiger partial charge in [0.1, 0.15) is 0 Å². The van der Waals surface area contributed by atoms with Crippen molar-refractivity contribution in [1.82, 2.24) is 0 Å². The number of nitro groups is 1. The summed E-state index contributed by atoms with van der Waals surface area (Å²) >= 11 is 1.07. The van der Waals surface area contributed by atoms with Crippen molar-refractivity contribution in [3.05, 3.63) is 21.1 Å². The Bertz CT molecular complexity index is 477. The van der Waals surface area contributed by atoms with Crippen molar-refractivity contribution in [2.75, 3.05) is 6.61 Å². The van der Waals surface area contributed by atoms with Gasteiger partial charge in [0.2, 0.25) is 0 Å². The zero-order valence-electron chi connectivity index (χ0n) is 10.9. The zero-order chi connectivity index (χ0) is 13.8. The quantitative estimate of drug-likeness (QED) is 0.468. The number of ketones is 1. The summed E-state index contributed by atoms with van der Waals surface area (Å²) < 4.78 is 5.59. The van der Waals surface area contributed by atoms with E-state index in [1.54, 1.807) is 0 Å². The van der Waals surface area contributed by atoms with E-state index >= 15 is 0 Å². The van der Waals surface area contributed by atoms with Gasteiger partial charge in [-0.05, 0) is 25.7 Å². The van der Waals surface area contributed by atoms with Crippen molar-refractivity contribution in [2.24, 2.45) is 5.92 Å². The molecule has 0 saturated heterocycles. The molecule has 1 aromatic heterocycles. The molecule has 1 aliphatic rings. The summed E-state index contributed by atoms with van der Waals surface area (Å²) in [5.74, 6) is 0.317. The monoisotopic (exact) mass is 283 g/mol. The Morgan fingerprint density at radius 1 is 1.47 bits per heavy atom. The third-order valence-electron chi connectivity index (χ3n) is 3.40. The molecule has 0 bridgehead atoms. The topological polar surface area (TPSA) is 69.4 Å². The van der Waals surface area contributed by atoms with Crippen LogP contribution < -0.4 is 4.74 Å². The second kappa shape index (κ2) is 6.14. The van der Waals surface area contributed by atoms with Crippen molar-refractivity contribution >= 4 is 22.8 Å². The lowest BCUT2D eigenvalue weighted by atomic mass is 9.90. The molecule has 19 heavy (non-hydrogen) atoms. The molecule has 1 aliphatic carbocycles. The van der Waals surface area contributed by atoms with E-state index in [1.807, 2.05) is 0 Å². The second-order valence-electron chi connectivity index (χ2n) is 4.91. The van der Waals surface area contributed by atoms with Crippen molar-refractivity contribution in [3.8, 4) is 5.06 Å². The maximum Gasteiger partial charge on any atom is 0.323 e. The van der Waals surface area contributed by atoms with Gasteiger partial charge in [-0.2, -0.15) is 0 Å². The highest BCUT2D eigenvalue weighted by molar-refractivity contribution is 7.16. The third-order valence-corrected chi connectivity index (χ3v) is 4.54. The Labute approximate surface area is 115 Å². The van der Waals surface area contributed by atoms with Crippen molar-refractivity contribution < 1.29 is 14.5 Å². The number of hydrogen-bond donors (Lipinski definition) is 0. The molecule has 0 aliphatic heterocycles. The number of nitrogens with zero attached hydrogens (tertiary/aromatic N) is 1. The summed E-state index contributed by atoms with van der Waals surface area (Å²) in [6, 6.07) is 1.31. The predicted octanol–water partition coefficient (Wildman–Crippen LogP) is 3.82. The van der Waals surface area contributed by atoms with Gasteiger partial charge in [-0.3, -0.25) is 14.9 Å². The molecule has 1 saturated carbocycles. The Hall–Kier alpha value is -1.43. The first kappa shape index (κ1) is 14.0. The van der Waals surface area contributed by atoms with Crippen LogP contribution in [-0.4, -0.2) is 17.3 Å². The van der Waals surface area contributed by atoms with E-state index in [4.69, 9.17) is 4.74 Å². The minimum Gasteiger partial charge on any atom is -0.479 e.